The molecule has 0 aliphatic rings. The summed E-state index contributed by atoms with van der Waals surface area (Å²) in [5.41, 5.74) is 6.33. The van der Waals surface area contributed by atoms with Crippen molar-refractivity contribution in [1.29, 1.82) is 5.41 Å². The number of hydrogen-bond acceptors (Lipinski definition) is 4. The lowest BCUT2D eigenvalue weighted by molar-refractivity contribution is 0.464. The Kier molecular flexibility index (Phi) is 4.93. The van der Waals surface area contributed by atoms with Crippen molar-refractivity contribution in [1.82, 2.24) is 9.97 Å². The Balaban J connectivity index is 2.32. The second-order valence-electron chi connectivity index (χ2n) is 4.73. The summed E-state index contributed by atoms with van der Waals surface area (Å²) in [4.78, 5) is 8.52. The zero-order chi connectivity index (χ0) is 12.9. The highest BCUT2D eigenvalue weighted by atomic mass is 32.2. The molecule has 0 amide bonds. The molecule has 0 spiro atoms. The summed E-state index contributed by atoms with van der Waals surface area (Å²) in [6.45, 7) is 5.97. The summed E-state index contributed by atoms with van der Waals surface area (Å²) in [5, 5.41) is 8.30. The molecule has 0 aliphatic carbocycles. The first-order valence-electron chi connectivity index (χ1n) is 5.69. The van der Waals surface area contributed by atoms with Gasteiger partial charge in [-0.3, -0.25) is 5.41 Å². The van der Waals surface area contributed by atoms with Crippen molar-refractivity contribution in [3.8, 4) is 0 Å². The van der Waals surface area contributed by atoms with Gasteiger partial charge in [0.05, 0.1) is 5.84 Å². The normalized spacial score (nSPS) is 11.5. The van der Waals surface area contributed by atoms with Crippen LogP contribution in [0.25, 0.3) is 0 Å². The van der Waals surface area contributed by atoms with Crippen LogP contribution in [0.5, 0.6) is 0 Å². The third-order valence-electron chi connectivity index (χ3n) is 2.68. The summed E-state index contributed by atoms with van der Waals surface area (Å²) >= 11 is 1.65. The third-order valence-corrected chi connectivity index (χ3v) is 3.63. The SMILES string of the molecule is Cc1ccnc(SCCCC(C)(C)C(=N)N)n1. The van der Waals surface area contributed by atoms with Crippen LogP contribution in [-0.4, -0.2) is 21.6 Å². The van der Waals surface area contributed by atoms with Crippen LogP contribution in [0.15, 0.2) is 17.4 Å². The monoisotopic (exact) mass is 252 g/mol. The smallest absolute Gasteiger partial charge is 0.187 e. The van der Waals surface area contributed by atoms with Crippen molar-refractivity contribution in [2.45, 2.75) is 38.8 Å². The molecule has 94 valence electrons. The Hall–Kier alpha value is -1.10. The van der Waals surface area contributed by atoms with E-state index in [0.717, 1.165) is 29.4 Å². The first-order chi connectivity index (χ1) is 7.92. The van der Waals surface area contributed by atoms with Crippen LogP contribution in [0.1, 0.15) is 32.4 Å². The molecule has 0 aliphatic heterocycles. The van der Waals surface area contributed by atoms with Crippen molar-refractivity contribution >= 4 is 17.6 Å². The minimum absolute atomic E-state index is 0.200. The summed E-state index contributed by atoms with van der Waals surface area (Å²) in [7, 11) is 0. The van der Waals surface area contributed by atoms with Crippen LogP contribution in [0.3, 0.4) is 0 Å². The lowest BCUT2D eigenvalue weighted by atomic mass is 9.87. The first-order valence-corrected chi connectivity index (χ1v) is 6.67. The zero-order valence-electron chi connectivity index (χ0n) is 10.7. The van der Waals surface area contributed by atoms with Gasteiger partial charge in [-0.05, 0) is 25.8 Å². The molecule has 0 saturated carbocycles. The average molecular weight is 252 g/mol. The van der Waals surface area contributed by atoms with Crippen molar-refractivity contribution in [3.63, 3.8) is 0 Å². The van der Waals surface area contributed by atoms with E-state index in [1.165, 1.54) is 0 Å². The lowest BCUT2D eigenvalue weighted by Crippen LogP contribution is -2.30. The molecule has 0 atom stereocenters. The predicted molar refractivity (Wildman–Crippen MR) is 72.4 cm³/mol. The van der Waals surface area contributed by atoms with Gasteiger partial charge in [0.15, 0.2) is 5.16 Å². The predicted octanol–water partition coefficient (Wildman–Crippen LogP) is 2.62. The Bertz CT molecular complexity index is 390. The Labute approximate surface area is 107 Å². The Morgan fingerprint density at radius 2 is 2.24 bits per heavy atom. The van der Waals surface area contributed by atoms with E-state index in [2.05, 4.69) is 9.97 Å². The van der Waals surface area contributed by atoms with Gasteiger partial charge in [-0.1, -0.05) is 25.6 Å². The fourth-order valence-electron chi connectivity index (χ4n) is 1.31. The third kappa shape index (κ3) is 4.73. The Morgan fingerprint density at radius 3 is 2.82 bits per heavy atom. The molecule has 4 nitrogen and oxygen atoms in total. The van der Waals surface area contributed by atoms with Gasteiger partial charge in [0, 0.05) is 23.1 Å². The van der Waals surface area contributed by atoms with Gasteiger partial charge < -0.3 is 5.73 Å². The minimum Gasteiger partial charge on any atom is -0.387 e. The van der Waals surface area contributed by atoms with E-state index in [0.29, 0.717) is 0 Å². The molecule has 3 N–H and O–H groups in total. The molecule has 17 heavy (non-hydrogen) atoms. The van der Waals surface area contributed by atoms with E-state index >= 15 is 0 Å². The number of rotatable bonds is 6. The fourth-order valence-corrected chi connectivity index (χ4v) is 2.12. The first kappa shape index (κ1) is 14.0. The van der Waals surface area contributed by atoms with Crippen LogP contribution in [0, 0.1) is 17.7 Å². The number of nitrogens with two attached hydrogens (primary N) is 1. The number of nitrogens with zero attached hydrogens (tertiary/aromatic N) is 2. The van der Waals surface area contributed by atoms with E-state index in [1.54, 1.807) is 18.0 Å². The number of aryl methyl sites for hydroxylation is 1. The number of aromatic nitrogens is 2. The number of nitrogens with one attached hydrogen (secondary N) is 1. The van der Waals surface area contributed by atoms with Crippen LogP contribution < -0.4 is 5.73 Å². The molecule has 1 aromatic rings. The van der Waals surface area contributed by atoms with Gasteiger partial charge in [0.2, 0.25) is 0 Å². The van der Waals surface area contributed by atoms with Crippen molar-refractivity contribution in [3.05, 3.63) is 18.0 Å². The molecule has 1 aromatic heterocycles. The van der Waals surface area contributed by atoms with Gasteiger partial charge in [0.25, 0.3) is 0 Å². The molecule has 0 radical (unpaired) electrons. The van der Waals surface area contributed by atoms with Gasteiger partial charge in [-0.15, -0.1) is 0 Å². The molecule has 0 aromatic carbocycles. The quantitative estimate of drug-likeness (QED) is 0.268. The van der Waals surface area contributed by atoms with Crippen LogP contribution >= 0.6 is 11.8 Å². The standard InChI is InChI=1S/C12H20N4S/c1-9-5-7-15-11(16-9)17-8-4-6-12(2,3)10(13)14/h5,7H,4,6,8H2,1-3H3,(H3,13,14). The molecule has 0 fully saturated rings. The van der Waals surface area contributed by atoms with Gasteiger partial charge in [-0.2, -0.15) is 0 Å². The highest BCUT2D eigenvalue weighted by molar-refractivity contribution is 7.99. The molecule has 0 bridgehead atoms. The fraction of sp³-hybridized carbons (Fsp3) is 0.583. The number of thioether (sulfide) groups is 1. The van der Waals surface area contributed by atoms with Crippen LogP contribution in [-0.2, 0) is 0 Å². The maximum atomic E-state index is 7.47. The summed E-state index contributed by atoms with van der Waals surface area (Å²) < 4.78 is 0. The molecule has 0 saturated heterocycles. The Morgan fingerprint density at radius 1 is 1.53 bits per heavy atom. The molecular weight excluding hydrogens is 232 g/mol. The topological polar surface area (TPSA) is 75.7 Å². The minimum atomic E-state index is -0.200. The van der Waals surface area contributed by atoms with Crippen LogP contribution in [0.4, 0.5) is 0 Å². The van der Waals surface area contributed by atoms with E-state index in [-0.39, 0.29) is 11.3 Å². The second-order valence-corrected chi connectivity index (χ2v) is 5.79. The second kappa shape index (κ2) is 6.00. The number of amidine groups is 1. The molecule has 1 rings (SSSR count). The molecular formula is C12H20N4S. The lowest BCUT2D eigenvalue weighted by Gasteiger charge is -2.22. The number of hydrogen-bond donors (Lipinski definition) is 2. The van der Waals surface area contributed by atoms with Gasteiger partial charge >= 0.3 is 0 Å². The molecule has 5 heteroatoms. The highest BCUT2D eigenvalue weighted by Gasteiger charge is 2.20. The molecule has 1 heterocycles. The maximum absolute atomic E-state index is 7.47. The van der Waals surface area contributed by atoms with E-state index < -0.39 is 0 Å². The van der Waals surface area contributed by atoms with E-state index in [1.807, 2.05) is 26.8 Å². The van der Waals surface area contributed by atoms with Crippen molar-refractivity contribution in [2.24, 2.45) is 11.1 Å². The largest absolute Gasteiger partial charge is 0.387 e. The van der Waals surface area contributed by atoms with Crippen LogP contribution in [0.2, 0.25) is 0 Å². The maximum Gasteiger partial charge on any atom is 0.187 e. The van der Waals surface area contributed by atoms with Crippen molar-refractivity contribution in [2.75, 3.05) is 5.75 Å². The zero-order valence-corrected chi connectivity index (χ0v) is 11.5. The summed E-state index contributed by atoms with van der Waals surface area (Å²) in [6.07, 6.45) is 3.71. The highest BCUT2D eigenvalue weighted by Crippen LogP contribution is 2.24. The van der Waals surface area contributed by atoms with Crippen molar-refractivity contribution < 1.29 is 0 Å². The molecule has 0 unspecified atom stereocenters. The van der Waals surface area contributed by atoms with Gasteiger partial charge in [-0.25, -0.2) is 9.97 Å². The summed E-state index contributed by atoms with van der Waals surface area (Å²) in [6, 6.07) is 1.89. The van der Waals surface area contributed by atoms with Gasteiger partial charge in [0.1, 0.15) is 0 Å². The van der Waals surface area contributed by atoms with E-state index in [9.17, 15) is 0 Å². The summed E-state index contributed by atoms with van der Waals surface area (Å²) in [5.74, 6) is 1.22. The average Bonchev–Trinajstić information content (AvgIpc) is 2.24. The van der Waals surface area contributed by atoms with E-state index in [4.69, 9.17) is 11.1 Å².